The van der Waals surface area contributed by atoms with Gasteiger partial charge >= 0.3 is 0 Å². The first-order chi connectivity index (χ1) is 12.7. The highest BCUT2D eigenvalue weighted by Crippen LogP contribution is 2.41. The Morgan fingerprint density at radius 2 is 1.73 bits per heavy atom. The van der Waals surface area contributed by atoms with Gasteiger partial charge in [-0.3, -0.25) is 4.79 Å². The largest absolute Gasteiger partial charge is 0.492 e. The second kappa shape index (κ2) is 8.88. The van der Waals surface area contributed by atoms with Crippen molar-refractivity contribution in [3.05, 3.63) is 65.7 Å². The highest BCUT2D eigenvalue weighted by atomic mass is 16.5. The Hall–Kier alpha value is -2.29. The van der Waals surface area contributed by atoms with Crippen molar-refractivity contribution in [2.45, 2.75) is 50.9 Å². The monoisotopic (exact) mass is 351 g/mol. The van der Waals surface area contributed by atoms with Gasteiger partial charge in [-0.25, -0.2) is 0 Å². The summed E-state index contributed by atoms with van der Waals surface area (Å²) in [6.07, 6.45) is 6.34. The van der Waals surface area contributed by atoms with E-state index in [0.29, 0.717) is 13.2 Å². The number of amides is 1. The molecule has 1 fully saturated rings. The molecule has 3 rings (SSSR count). The van der Waals surface area contributed by atoms with Crippen molar-refractivity contribution in [2.24, 2.45) is 0 Å². The fourth-order valence-corrected chi connectivity index (χ4v) is 3.93. The lowest BCUT2D eigenvalue weighted by atomic mass is 9.78. The van der Waals surface area contributed by atoms with E-state index < -0.39 is 0 Å². The molecule has 2 aromatic carbocycles. The van der Waals surface area contributed by atoms with Gasteiger partial charge in [0, 0.05) is 0 Å². The first-order valence-corrected chi connectivity index (χ1v) is 9.80. The lowest BCUT2D eigenvalue weighted by Gasteiger charge is -2.28. The summed E-state index contributed by atoms with van der Waals surface area (Å²) in [5.41, 5.74) is 2.12. The number of rotatable bonds is 8. The third-order valence-corrected chi connectivity index (χ3v) is 5.34. The molecule has 0 aliphatic heterocycles. The predicted octanol–water partition coefficient (Wildman–Crippen LogP) is 4.65. The number of nitrogens with one attached hydrogen (secondary N) is 1. The minimum Gasteiger partial charge on any atom is -0.492 e. The van der Waals surface area contributed by atoms with Gasteiger partial charge in [0.15, 0.2) is 0 Å². The number of benzene rings is 2. The van der Waals surface area contributed by atoms with Crippen LogP contribution in [0.3, 0.4) is 0 Å². The minimum atomic E-state index is -0.358. The van der Waals surface area contributed by atoms with E-state index in [1.54, 1.807) is 0 Å². The molecule has 1 saturated carbocycles. The van der Waals surface area contributed by atoms with Crippen molar-refractivity contribution < 1.29 is 9.53 Å². The Morgan fingerprint density at radius 3 is 2.38 bits per heavy atom. The van der Waals surface area contributed by atoms with Gasteiger partial charge in [-0.15, -0.1) is 0 Å². The van der Waals surface area contributed by atoms with Crippen LogP contribution in [-0.4, -0.2) is 19.1 Å². The van der Waals surface area contributed by atoms with Crippen molar-refractivity contribution in [3.63, 3.8) is 0 Å². The van der Waals surface area contributed by atoms with E-state index in [-0.39, 0.29) is 11.3 Å². The Kier molecular flexibility index (Phi) is 6.32. The van der Waals surface area contributed by atoms with Gasteiger partial charge in [0.05, 0.1) is 12.0 Å². The first-order valence-electron chi connectivity index (χ1n) is 9.80. The Balaban J connectivity index is 1.51. The molecular formula is C23H29NO2. The average molecular weight is 351 g/mol. The standard InChI is InChI=1S/C23H29NO2/c1-2-8-19-11-13-21(14-12-19)26-18-17-24-22(25)23(15-6-7-16-23)20-9-4-3-5-10-20/h3-5,9-14H,2,6-8,15-18H2,1H3,(H,24,25). The summed E-state index contributed by atoms with van der Waals surface area (Å²) in [4.78, 5) is 12.9. The summed E-state index contributed by atoms with van der Waals surface area (Å²) < 4.78 is 5.78. The SMILES string of the molecule is CCCc1ccc(OCCNC(=O)C2(c3ccccc3)CCCC2)cc1. The van der Waals surface area contributed by atoms with Crippen LogP contribution in [0, 0.1) is 0 Å². The minimum absolute atomic E-state index is 0.142. The predicted molar refractivity (Wildman–Crippen MR) is 106 cm³/mol. The molecule has 0 radical (unpaired) electrons. The summed E-state index contributed by atoms with van der Waals surface area (Å²) in [6, 6.07) is 18.5. The topological polar surface area (TPSA) is 38.3 Å². The molecule has 0 heterocycles. The lowest BCUT2D eigenvalue weighted by molar-refractivity contribution is -0.126. The van der Waals surface area contributed by atoms with Crippen LogP contribution in [0.15, 0.2) is 54.6 Å². The third-order valence-electron chi connectivity index (χ3n) is 5.34. The van der Waals surface area contributed by atoms with E-state index in [9.17, 15) is 4.79 Å². The number of hydrogen-bond donors (Lipinski definition) is 1. The molecule has 0 aromatic heterocycles. The summed E-state index contributed by atoms with van der Waals surface area (Å²) in [7, 11) is 0. The molecule has 0 atom stereocenters. The zero-order chi connectivity index (χ0) is 18.2. The molecule has 0 saturated heterocycles. The van der Waals surface area contributed by atoms with Crippen LogP contribution in [0.4, 0.5) is 0 Å². The van der Waals surface area contributed by atoms with Crippen molar-refractivity contribution in [1.82, 2.24) is 5.32 Å². The number of ether oxygens (including phenoxy) is 1. The molecule has 0 bridgehead atoms. The van der Waals surface area contributed by atoms with Gasteiger partial charge in [-0.05, 0) is 42.5 Å². The van der Waals surface area contributed by atoms with Crippen LogP contribution >= 0.6 is 0 Å². The van der Waals surface area contributed by atoms with Gasteiger partial charge in [-0.2, -0.15) is 0 Å². The summed E-state index contributed by atoms with van der Waals surface area (Å²) in [5, 5.41) is 3.10. The smallest absolute Gasteiger partial charge is 0.230 e. The van der Waals surface area contributed by atoms with Crippen LogP contribution < -0.4 is 10.1 Å². The third kappa shape index (κ3) is 4.27. The van der Waals surface area contributed by atoms with Gasteiger partial charge in [-0.1, -0.05) is 68.7 Å². The number of carbonyl (C=O) groups excluding carboxylic acids is 1. The van der Waals surface area contributed by atoms with Crippen LogP contribution in [0.25, 0.3) is 0 Å². The lowest BCUT2D eigenvalue weighted by Crippen LogP contribution is -2.43. The first kappa shape index (κ1) is 18.5. The van der Waals surface area contributed by atoms with Gasteiger partial charge in [0.2, 0.25) is 5.91 Å². The maximum Gasteiger partial charge on any atom is 0.230 e. The number of hydrogen-bond acceptors (Lipinski definition) is 2. The molecule has 0 unspecified atom stereocenters. The molecule has 138 valence electrons. The number of aryl methyl sites for hydroxylation is 1. The zero-order valence-electron chi connectivity index (χ0n) is 15.7. The molecule has 0 spiro atoms. The van der Waals surface area contributed by atoms with Crippen LogP contribution in [0.1, 0.15) is 50.2 Å². The highest BCUT2D eigenvalue weighted by molar-refractivity contribution is 5.88. The van der Waals surface area contributed by atoms with Crippen LogP contribution in [-0.2, 0) is 16.6 Å². The van der Waals surface area contributed by atoms with Crippen LogP contribution in [0.5, 0.6) is 5.75 Å². The summed E-state index contributed by atoms with van der Waals surface area (Å²) in [6.45, 7) is 3.20. The van der Waals surface area contributed by atoms with Crippen LogP contribution in [0.2, 0.25) is 0 Å². The summed E-state index contributed by atoms with van der Waals surface area (Å²) >= 11 is 0. The molecule has 3 nitrogen and oxygen atoms in total. The molecule has 1 N–H and O–H groups in total. The van der Waals surface area contributed by atoms with E-state index in [1.165, 1.54) is 5.56 Å². The van der Waals surface area contributed by atoms with Gasteiger partial charge in [0.1, 0.15) is 12.4 Å². The fraction of sp³-hybridized carbons (Fsp3) is 0.435. The summed E-state index contributed by atoms with van der Waals surface area (Å²) in [5.74, 6) is 1.00. The molecule has 1 amide bonds. The Bertz CT molecular complexity index is 688. The molecule has 3 heteroatoms. The quantitative estimate of drug-likeness (QED) is 0.703. The maximum atomic E-state index is 12.9. The second-order valence-electron chi connectivity index (χ2n) is 7.15. The van der Waals surface area contributed by atoms with Crippen molar-refractivity contribution in [3.8, 4) is 5.75 Å². The molecule has 1 aliphatic carbocycles. The molecule has 1 aliphatic rings. The molecule has 2 aromatic rings. The van der Waals surface area contributed by atoms with Crippen molar-refractivity contribution in [1.29, 1.82) is 0 Å². The Labute approximate surface area is 156 Å². The second-order valence-corrected chi connectivity index (χ2v) is 7.15. The maximum absolute atomic E-state index is 12.9. The molecule has 26 heavy (non-hydrogen) atoms. The highest BCUT2D eigenvalue weighted by Gasteiger charge is 2.42. The van der Waals surface area contributed by atoms with E-state index in [2.05, 4.69) is 36.5 Å². The van der Waals surface area contributed by atoms with Crippen molar-refractivity contribution >= 4 is 5.91 Å². The average Bonchev–Trinajstić information content (AvgIpc) is 3.18. The van der Waals surface area contributed by atoms with E-state index in [1.807, 2.05) is 30.3 Å². The van der Waals surface area contributed by atoms with E-state index >= 15 is 0 Å². The molecular weight excluding hydrogens is 322 g/mol. The van der Waals surface area contributed by atoms with Crippen molar-refractivity contribution in [2.75, 3.05) is 13.2 Å². The fourth-order valence-electron chi connectivity index (χ4n) is 3.93. The van der Waals surface area contributed by atoms with Gasteiger partial charge < -0.3 is 10.1 Å². The Morgan fingerprint density at radius 1 is 1.04 bits per heavy atom. The normalized spacial score (nSPS) is 15.6. The van der Waals surface area contributed by atoms with E-state index in [0.717, 1.165) is 49.8 Å². The van der Waals surface area contributed by atoms with Gasteiger partial charge in [0.25, 0.3) is 0 Å². The number of carbonyl (C=O) groups is 1. The van der Waals surface area contributed by atoms with E-state index in [4.69, 9.17) is 4.74 Å². The zero-order valence-corrected chi connectivity index (χ0v) is 15.7.